The number of carbonyl (C=O) groups excluding carboxylic acids is 1. The highest BCUT2D eigenvalue weighted by molar-refractivity contribution is 7.09. The topological polar surface area (TPSA) is 80.9 Å². The van der Waals surface area contributed by atoms with E-state index in [9.17, 15) is 4.79 Å². The fourth-order valence-corrected chi connectivity index (χ4v) is 3.36. The SMILES string of the molecule is Nc1c(-c2ccccn2)nsc1C(=O)NC1CCCCC1. The van der Waals surface area contributed by atoms with E-state index in [-0.39, 0.29) is 11.9 Å². The maximum absolute atomic E-state index is 12.3. The predicted octanol–water partition coefficient (Wildman–Crippen LogP) is 2.85. The number of nitrogens with two attached hydrogens (primary N) is 1. The molecule has 0 aliphatic heterocycles. The van der Waals surface area contributed by atoms with E-state index in [2.05, 4.69) is 14.7 Å². The molecule has 5 nitrogen and oxygen atoms in total. The molecule has 2 aromatic rings. The number of pyridine rings is 1. The first-order chi connectivity index (χ1) is 10.3. The zero-order chi connectivity index (χ0) is 14.7. The van der Waals surface area contributed by atoms with Crippen LogP contribution in [0.4, 0.5) is 5.69 Å². The van der Waals surface area contributed by atoms with Crippen LogP contribution in [-0.4, -0.2) is 21.3 Å². The van der Waals surface area contributed by atoms with Crippen LogP contribution in [0.15, 0.2) is 24.4 Å². The molecule has 0 atom stereocenters. The van der Waals surface area contributed by atoms with Crippen LogP contribution < -0.4 is 11.1 Å². The zero-order valence-electron chi connectivity index (χ0n) is 11.7. The molecule has 0 saturated heterocycles. The Hall–Kier alpha value is -1.95. The van der Waals surface area contributed by atoms with Gasteiger partial charge in [0, 0.05) is 12.2 Å². The first-order valence-corrected chi connectivity index (χ1v) is 8.00. The standard InChI is InChI=1S/C15H18N4OS/c16-12-13(11-8-4-5-9-17-11)19-21-14(12)15(20)18-10-6-2-1-3-7-10/h4-5,8-10H,1-3,6-7,16H2,(H,18,20). The molecule has 0 bridgehead atoms. The van der Waals surface area contributed by atoms with Crippen LogP contribution in [-0.2, 0) is 0 Å². The van der Waals surface area contributed by atoms with Crippen LogP contribution in [0.3, 0.4) is 0 Å². The highest BCUT2D eigenvalue weighted by atomic mass is 32.1. The van der Waals surface area contributed by atoms with Gasteiger partial charge in [0.25, 0.3) is 5.91 Å². The number of nitrogens with zero attached hydrogens (tertiary/aromatic N) is 2. The van der Waals surface area contributed by atoms with Crippen molar-refractivity contribution in [1.82, 2.24) is 14.7 Å². The van der Waals surface area contributed by atoms with E-state index in [4.69, 9.17) is 5.73 Å². The van der Waals surface area contributed by atoms with E-state index in [1.165, 1.54) is 19.3 Å². The Morgan fingerprint density at radius 1 is 1.29 bits per heavy atom. The van der Waals surface area contributed by atoms with Crippen molar-refractivity contribution in [3.8, 4) is 11.4 Å². The van der Waals surface area contributed by atoms with Crippen molar-refractivity contribution in [2.75, 3.05) is 5.73 Å². The van der Waals surface area contributed by atoms with Gasteiger partial charge in [0.15, 0.2) is 0 Å². The van der Waals surface area contributed by atoms with E-state index in [0.717, 1.165) is 24.4 Å². The third-order valence-corrected chi connectivity index (χ3v) is 4.64. The molecular formula is C15H18N4OS. The third kappa shape index (κ3) is 3.05. The normalized spacial score (nSPS) is 15.8. The lowest BCUT2D eigenvalue weighted by molar-refractivity contribution is 0.0932. The Morgan fingerprint density at radius 2 is 2.10 bits per heavy atom. The Balaban J connectivity index is 1.77. The second kappa shape index (κ2) is 6.22. The smallest absolute Gasteiger partial charge is 0.265 e. The van der Waals surface area contributed by atoms with Gasteiger partial charge in [0.2, 0.25) is 0 Å². The van der Waals surface area contributed by atoms with Crippen molar-refractivity contribution in [3.63, 3.8) is 0 Å². The minimum absolute atomic E-state index is 0.112. The molecule has 1 amide bonds. The van der Waals surface area contributed by atoms with Crippen molar-refractivity contribution in [3.05, 3.63) is 29.3 Å². The van der Waals surface area contributed by atoms with E-state index >= 15 is 0 Å². The molecular weight excluding hydrogens is 284 g/mol. The number of anilines is 1. The number of hydrogen-bond acceptors (Lipinski definition) is 5. The highest BCUT2D eigenvalue weighted by Gasteiger charge is 2.22. The quantitative estimate of drug-likeness (QED) is 0.913. The summed E-state index contributed by atoms with van der Waals surface area (Å²) >= 11 is 1.14. The van der Waals surface area contributed by atoms with Crippen molar-refractivity contribution < 1.29 is 4.79 Å². The molecule has 0 spiro atoms. The van der Waals surface area contributed by atoms with Crippen molar-refractivity contribution in [1.29, 1.82) is 0 Å². The summed E-state index contributed by atoms with van der Waals surface area (Å²) in [7, 11) is 0. The lowest BCUT2D eigenvalue weighted by Gasteiger charge is -2.22. The molecule has 1 fully saturated rings. The molecule has 3 rings (SSSR count). The Labute approximate surface area is 127 Å². The molecule has 0 unspecified atom stereocenters. The summed E-state index contributed by atoms with van der Waals surface area (Å²) in [6, 6.07) is 5.82. The lowest BCUT2D eigenvalue weighted by atomic mass is 9.95. The van der Waals surface area contributed by atoms with Crippen molar-refractivity contribution in [2.45, 2.75) is 38.1 Å². The Kier molecular flexibility index (Phi) is 4.15. The maximum Gasteiger partial charge on any atom is 0.265 e. The second-order valence-electron chi connectivity index (χ2n) is 5.30. The average Bonchev–Trinajstić information content (AvgIpc) is 2.91. The largest absolute Gasteiger partial charge is 0.396 e. The predicted molar refractivity (Wildman–Crippen MR) is 84.1 cm³/mol. The van der Waals surface area contributed by atoms with Gasteiger partial charge < -0.3 is 11.1 Å². The maximum atomic E-state index is 12.3. The number of amides is 1. The Morgan fingerprint density at radius 3 is 2.81 bits per heavy atom. The molecule has 2 aromatic heterocycles. The van der Waals surface area contributed by atoms with Gasteiger partial charge in [-0.25, -0.2) is 0 Å². The summed E-state index contributed by atoms with van der Waals surface area (Å²) in [5.74, 6) is -0.112. The van der Waals surface area contributed by atoms with Crippen LogP contribution in [0.5, 0.6) is 0 Å². The molecule has 3 N–H and O–H groups in total. The van der Waals surface area contributed by atoms with Gasteiger partial charge >= 0.3 is 0 Å². The summed E-state index contributed by atoms with van der Waals surface area (Å²) in [5, 5.41) is 3.07. The van der Waals surface area contributed by atoms with Crippen LogP contribution in [0, 0.1) is 0 Å². The molecule has 110 valence electrons. The first-order valence-electron chi connectivity index (χ1n) is 7.23. The van der Waals surface area contributed by atoms with E-state index < -0.39 is 0 Å². The average molecular weight is 302 g/mol. The lowest BCUT2D eigenvalue weighted by Crippen LogP contribution is -2.36. The van der Waals surface area contributed by atoms with E-state index in [1.807, 2.05) is 18.2 Å². The summed E-state index contributed by atoms with van der Waals surface area (Å²) in [6.45, 7) is 0. The molecule has 2 heterocycles. The zero-order valence-corrected chi connectivity index (χ0v) is 12.5. The molecule has 1 aliphatic rings. The second-order valence-corrected chi connectivity index (χ2v) is 6.07. The number of nitrogens with one attached hydrogen (secondary N) is 1. The Bertz CT molecular complexity index is 620. The van der Waals surface area contributed by atoms with E-state index in [1.54, 1.807) is 6.20 Å². The summed E-state index contributed by atoms with van der Waals surface area (Å²) in [4.78, 5) is 17.1. The fraction of sp³-hybridized carbons (Fsp3) is 0.400. The van der Waals surface area contributed by atoms with E-state index in [0.29, 0.717) is 22.0 Å². The molecule has 0 radical (unpaired) electrons. The number of hydrogen-bond donors (Lipinski definition) is 2. The van der Waals surface area contributed by atoms with Gasteiger partial charge in [-0.15, -0.1) is 0 Å². The number of nitrogen functional groups attached to an aromatic ring is 1. The third-order valence-electron chi connectivity index (χ3n) is 3.78. The van der Waals surface area contributed by atoms with Gasteiger partial charge in [0.1, 0.15) is 10.6 Å². The summed E-state index contributed by atoms with van der Waals surface area (Å²) in [6.07, 6.45) is 7.43. The van der Waals surface area contributed by atoms with Crippen molar-refractivity contribution in [2.24, 2.45) is 0 Å². The molecule has 6 heteroatoms. The van der Waals surface area contributed by atoms with Gasteiger partial charge in [-0.1, -0.05) is 25.3 Å². The summed E-state index contributed by atoms with van der Waals surface area (Å²) < 4.78 is 4.29. The molecule has 1 saturated carbocycles. The molecule has 21 heavy (non-hydrogen) atoms. The number of rotatable bonds is 3. The summed E-state index contributed by atoms with van der Waals surface area (Å²) in [5.41, 5.74) is 7.80. The van der Waals surface area contributed by atoms with Gasteiger partial charge in [-0.2, -0.15) is 4.37 Å². The molecule has 1 aliphatic carbocycles. The van der Waals surface area contributed by atoms with Crippen LogP contribution >= 0.6 is 11.5 Å². The first kappa shape index (κ1) is 14.0. The highest BCUT2D eigenvalue weighted by Crippen LogP contribution is 2.29. The van der Waals surface area contributed by atoms with Crippen LogP contribution in [0.2, 0.25) is 0 Å². The monoisotopic (exact) mass is 302 g/mol. The van der Waals surface area contributed by atoms with Crippen LogP contribution in [0.25, 0.3) is 11.4 Å². The van der Waals surface area contributed by atoms with Gasteiger partial charge in [-0.3, -0.25) is 9.78 Å². The van der Waals surface area contributed by atoms with Crippen LogP contribution in [0.1, 0.15) is 41.8 Å². The minimum atomic E-state index is -0.112. The fourth-order valence-electron chi connectivity index (χ4n) is 2.65. The number of carbonyl (C=O) groups is 1. The van der Waals surface area contributed by atoms with Crippen molar-refractivity contribution >= 4 is 23.1 Å². The molecule has 0 aromatic carbocycles. The van der Waals surface area contributed by atoms with Gasteiger partial charge in [-0.05, 0) is 36.5 Å². The van der Waals surface area contributed by atoms with Gasteiger partial charge in [0.05, 0.1) is 11.4 Å². The number of aromatic nitrogens is 2. The minimum Gasteiger partial charge on any atom is -0.396 e.